The van der Waals surface area contributed by atoms with Crippen LogP contribution in [0.25, 0.3) is 27.6 Å². The molecule has 1 aliphatic heterocycles. The van der Waals surface area contributed by atoms with Gasteiger partial charge in [-0.15, -0.1) is 0 Å². The molecule has 0 unspecified atom stereocenters. The quantitative estimate of drug-likeness (QED) is 0.247. The molecule has 0 amide bonds. The standard InChI is InChI=1S/C27H24ClN7/c1-18-23-15-19(17-30-32-24-11-12-29-25-16-20(28)9-10-22(24)25)26(34-13-5-6-14-34)31-27(23)35(33-18)21-7-3-2-4-8-21/h2-4,7-12,15-17H,5-6,13-14H2,1H3,(H,29,32)/b30-17+. The highest BCUT2D eigenvalue weighted by Gasteiger charge is 2.20. The molecule has 8 heteroatoms. The van der Waals surface area contributed by atoms with Crippen LogP contribution in [0.1, 0.15) is 24.1 Å². The molecule has 1 fully saturated rings. The Bertz CT molecular complexity index is 1550. The summed E-state index contributed by atoms with van der Waals surface area (Å²) in [6.45, 7) is 3.99. The minimum absolute atomic E-state index is 0.659. The molecular formula is C27H24ClN7. The summed E-state index contributed by atoms with van der Waals surface area (Å²) in [6.07, 6.45) is 5.93. The smallest absolute Gasteiger partial charge is 0.165 e. The number of nitrogens with one attached hydrogen (secondary N) is 1. The van der Waals surface area contributed by atoms with E-state index in [-0.39, 0.29) is 0 Å². The van der Waals surface area contributed by atoms with Crippen molar-refractivity contribution in [1.29, 1.82) is 0 Å². The first-order valence-electron chi connectivity index (χ1n) is 11.7. The number of aromatic nitrogens is 4. The van der Waals surface area contributed by atoms with Crippen LogP contribution in [-0.2, 0) is 0 Å². The van der Waals surface area contributed by atoms with E-state index in [0.29, 0.717) is 5.02 Å². The number of aryl methyl sites for hydroxylation is 1. The van der Waals surface area contributed by atoms with Crippen LogP contribution in [0, 0.1) is 6.92 Å². The van der Waals surface area contributed by atoms with Crippen molar-refractivity contribution >= 4 is 51.3 Å². The van der Waals surface area contributed by atoms with Crippen LogP contribution < -0.4 is 10.3 Å². The summed E-state index contributed by atoms with van der Waals surface area (Å²) in [5.41, 5.74) is 8.63. The van der Waals surface area contributed by atoms with Crippen LogP contribution in [-0.4, -0.2) is 39.1 Å². The molecule has 1 aliphatic rings. The molecule has 0 spiro atoms. The van der Waals surface area contributed by atoms with Crippen molar-refractivity contribution in [2.75, 3.05) is 23.4 Å². The summed E-state index contributed by atoms with van der Waals surface area (Å²) in [5.74, 6) is 0.934. The van der Waals surface area contributed by atoms with Gasteiger partial charge in [-0.3, -0.25) is 10.4 Å². The normalized spacial score (nSPS) is 13.9. The number of nitrogens with zero attached hydrogens (tertiary/aromatic N) is 6. The summed E-state index contributed by atoms with van der Waals surface area (Å²) >= 11 is 6.13. The van der Waals surface area contributed by atoms with Gasteiger partial charge in [0.2, 0.25) is 0 Å². The largest absolute Gasteiger partial charge is 0.356 e. The van der Waals surface area contributed by atoms with Crippen molar-refractivity contribution in [3.05, 3.63) is 83.1 Å². The van der Waals surface area contributed by atoms with E-state index >= 15 is 0 Å². The van der Waals surface area contributed by atoms with Gasteiger partial charge in [-0.25, -0.2) is 9.67 Å². The highest BCUT2D eigenvalue weighted by atomic mass is 35.5. The van der Waals surface area contributed by atoms with Crippen LogP contribution in [0.2, 0.25) is 5.02 Å². The van der Waals surface area contributed by atoms with Gasteiger partial charge in [0.05, 0.1) is 28.8 Å². The Morgan fingerprint density at radius 3 is 2.66 bits per heavy atom. The molecule has 5 aromatic rings. The van der Waals surface area contributed by atoms with E-state index in [2.05, 4.69) is 38.6 Å². The Morgan fingerprint density at radius 1 is 1.00 bits per heavy atom. The third-order valence-electron chi connectivity index (χ3n) is 6.35. The van der Waals surface area contributed by atoms with E-state index in [9.17, 15) is 0 Å². The van der Waals surface area contributed by atoms with E-state index < -0.39 is 0 Å². The van der Waals surface area contributed by atoms with E-state index in [1.165, 1.54) is 0 Å². The minimum Gasteiger partial charge on any atom is -0.356 e. The Hall–Kier alpha value is -3.97. The first kappa shape index (κ1) is 21.6. The number of benzene rings is 2. The molecule has 2 aromatic carbocycles. The fraction of sp³-hybridized carbons (Fsp3) is 0.185. The van der Waals surface area contributed by atoms with E-state index in [0.717, 1.165) is 76.3 Å². The van der Waals surface area contributed by atoms with Crippen LogP contribution in [0.3, 0.4) is 0 Å². The van der Waals surface area contributed by atoms with E-state index in [1.807, 2.05) is 60.3 Å². The predicted molar refractivity (Wildman–Crippen MR) is 143 cm³/mol. The van der Waals surface area contributed by atoms with Gasteiger partial charge in [-0.1, -0.05) is 29.8 Å². The second-order valence-electron chi connectivity index (χ2n) is 8.69. The zero-order valence-electron chi connectivity index (χ0n) is 19.3. The molecule has 0 atom stereocenters. The van der Waals surface area contributed by atoms with Crippen molar-refractivity contribution in [2.45, 2.75) is 19.8 Å². The van der Waals surface area contributed by atoms with Crippen molar-refractivity contribution in [3.8, 4) is 5.69 Å². The molecule has 1 N–H and O–H groups in total. The van der Waals surface area contributed by atoms with Crippen LogP contribution in [0.5, 0.6) is 0 Å². The van der Waals surface area contributed by atoms with Crippen molar-refractivity contribution in [3.63, 3.8) is 0 Å². The number of halogens is 1. The third kappa shape index (κ3) is 4.08. The molecule has 4 heterocycles. The third-order valence-corrected chi connectivity index (χ3v) is 6.59. The van der Waals surface area contributed by atoms with Gasteiger partial charge in [-0.05, 0) is 62.2 Å². The predicted octanol–water partition coefficient (Wildman–Crippen LogP) is 5.98. The second-order valence-corrected chi connectivity index (χ2v) is 9.13. The number of fused-ring (bicyclic) bond motifs is 2. The van der Waals surface area contributed by atoms with Gasteiger partial charge in [0.25, 0.3) is 0 Å². The highest BCUT2D eigenvalue weighted by molar-refractivity contribution is 6.31. The molecule has 1 saturated heterocycles. The fourth-order valence-corrected chi connectivity index (χ4v) is 4.77. The minimum atomic E-state index is 0.659. The second kappa shape index (κ2) is 9.00. The van der Waals surface area contributed by atoms with Crippen LogP contribution in [0.4, 0.5) is 11.5 Å². The Kier molecular flexibility index (Phi) is 5.54. The van der Waals surface area contributed by atoms with E-state index in [4.69, 9.17) is 21.7 Å². The number of para-hydroxylation sites is 1. The zero-order chi connectivity index (χ0) is 23.8. The molecule has 174 valence electrons. The van der Waals surface area contributed by atoms with Gasteiger partial charge < -0.3 is 4.90 Å². The number of rotatable bonds is 5. The number of hydrazone groups is 1. The Balaban J connectivity index is 1.41. The van der Waals surface area contributed by atoms with E-state index in [1.54, 1.807) is 6.20 Å². The van der Waals surface area contributed by atoms with Gasteiger partial charge in [0.15, 0.2) is 5.65 Å². The first-order valence-corrected chi connectivity index (χ1v) is 12.1. The van der Waals surface area contributed by atoms with Crippen molar-refractivity contribution in [2.24, 2.45) is 5.10 Å². The van der Waals surface area contributed by atoms with Crippen molar-refractivity contribution in [1.82, 2.24) is 19.7 Å². The Labute approximate surface area is 208 Å². The molecule has 7 nitrogen and oxygen atoms in total. The molecule has 3 aromatic heterocycles. The van der Waals surface area contributed by atoms with Crippen molar-refractivity contribution < 1.29 is 0 Å². The maximum atomic E-state index is 6.13. The molecule has 6 rings (SSSR count). The summed E-state index contributed by atoms with van der Waals surface area (Å²) in [4.78, 5) is 11.9. The average molecular weight is 482 g/mol. The molecule has 35 heavy (non-hydrogen) atoms. The summed E-state index contributed by atoms with van der Waals surface area (Å²) in [5, 5.41) is 12.0. The number of anilines is 2. The van der Waals surface area contributed by atoms with Crippen LogP contribution >= 0.6 is 11.6 Å². The fourth-order valence-electron chi connectivity index (χ4n) is 4.61. The Morgan fingerprint density at radius 2 is 1.83 bits per heavy atom. The SMILES string of the molecule is Cc1nn(-c2ccccc2)c2nc(N3CCCC3)c(/C=N/Nc3ccnc4cc(Cl)ccc34)cc12. The maximum absolute atomic E-state index is 6.13. The summed E-state index contributed by atoms with van der Waals surface area (Å²) < 4.78 is 1.93. The molecular weight excluding hydrogens is 458 g/mol. The maximum Gasteiger partial charge on any atom is 0.165 e. The van der Waals surface area contributed by atoms with Crippen LogP contribution in [0.15, 0.2) is 72.0 Å². The summed E-state index contributed by atoms with van der Waals surface area (Å²) in [7, 11) is 0. The van der Waals surface area contributed by atoms with Gasteiger partial charge in [0, 0.05) is 40.6 Å². The molecule has 0 aliphatic carbocycles. The van der Waals surface area contributed by atoms with Gasteiger partial charge >= 0.3 is 0 Å². The lowest BCUT2D eigenvalue weighted by Gasteiger charge is -2.19. The molecule has 0 saturated carbocycles. The number of hydrogen-bond acceptors (Lipinski definition) is 6. The molecule has 0 bridgehead atoms. The van der Waals surface area contributed by atoms with Gasteiger partial charge in [-0.2, -0.15) is 10.2 Å². The lowest BCUT2D eigenvalue weighted by Crippen LogP contribution is -2.21. The zero-order valence-corrected chi connectivity index (χ0v) is 20.1. The average Bonchev–Trinajstić information content (AvgIpc) is 3.52. The highest BCUT2D eigenvalue weighted by Crippen LogP contribution is 2.29. The topological polar surface area (TPSA) is 71.2 Å². The monoisotopic (exact) mass is 481 g/mol. The molecule has 0 radical (unpaired) electrons. The lowest BCUT2D eigenvalue weighted by molar-refractivity contribution is 0.871. The first-order chi connectivity index (χ1) is 17.2. The summed E-state index contributed by atoms with van der Waals surface area (Å²) in [6, 6.07) is 19.9. The number of hydrogen-bond donors (Lipinski definition) is 1. The lowest BCUT2D eigenvalue weighted by atomic mass is 10.2. The van der Waals surface area contributed by atoms with Gasteiger partial charge in [0.1, 0.15) is 5.82 Å². The number of pyridine rings is 2.